The number of hydrogen-bond donors (Lipinski definition) is 2. The Morgan fingerprint density at radius 3 is 2.32 bits per heavy atom. The lowest BCUT2D eigenvalue weighted by Gasteiger charge is -2.37. The third-order valence-electron chi connectivity index (χ3n) is 4.55. The van der Waals surface area contributed by atoms with E-state index in [-0.39, 0.29) is 22.7 Å². The van der Waals surface area contributed by atoms with E-state index in [1.54, 1.807) is 12.1 Å². The van der Waals surface area contributed by atoms with Gasteiger partial charge in [-0.1, -0.05) is 13.8 Å². The molecule has 0 spiro atoms. The first-order chi connectivity index (χ1) is 13.4. The van der Waals surface area contributed by atoms with Crippen molar-refractivity contribution in [1.29, 1.82) is 0 Å². The fourth-order valence-electron chi connectivity index (χ4n) is 3.04. The number of carbonyl (C=O) groups excluding carboxylic acids is 2. The van der Waals surface area contributed by atoms with Gasteiger partial charge < -0.3 is 19.5 Å². The largest absolute Gasteiger partial charge is 0.459 e. The highest BCUT2D eigenvalue weighted by Crippen LogP contribution is 2.20. The van der Waals surface area contributed by atoms with Crippen LogP contribution in [0.2, 0.25) is 0 Å². The summed E-state index contributed by atoms with van der Waals surface area (Å²) in [6, 6.07) is 11.0. The summed E-state index contributed by atoms with van der Waals surface area (Å²) < 4.78 is 5.04. The molecule has 1 aliphatic rings. The molecule has 8 heteroatoms. The van der Waals surface area contributed by atoms with Gasteiger partial charge in [0, 0.05) is 43.5 Å². The maximum absolute atomic E-state index is 12.1. The van der Waals surface area contributed by atoms with Crippen molar-refractivity contribution in [2.24, 2.45) is 5.92 Å². The summed E-state index contributed by atoms with van der Waals surface area (Å²) in [6.45, 7) is 6.95. The van der Waals surface area contributed by atoms with Crippen molar-refractivity contribution in [2.75, 3.05) is 36.4 Å². The number of nitrogens with one attached hydrogen (secondary N) is 2. The summed E-state index contributed by atoms with van der Waals surface area (Å²) in [4.78, 5) is 28.2. The fraction of sp³-hybridized carbons (Fsp3) is 0.350. The highest BCUT2D eigenvalue weighted by molar-refractivity contribution is 7.80. The summed E-state index contributed by atoms with van der Waals surface area (Å²) in [5.74, 6) is 0.0563. The van der Waals surface area contributed by atoms with Crippen LogP contribution in [0.1, 0.15) is 24.4 Å². The number of nitrogens with zero attached hydrogens (tertiary/aromatic N) is 2. The lowest BCUT2D eigenvalue weighted by atomic mass is 10.1. The maximum atomic E-state index is 12.1. The molecule has 1 saturated heterocycles. The second-order valence-corrected chi connectivity index (χ2v) is 7.31. The van der Waals surface area contributed by atoms with E-state index < -0.39 is 5.91 Å². The first-order valence-electron chi connectivity index (χ1n) is 9.23. The van der Waals surface area contributed by atoms with Crippen molar-refractivity contribution < 1.29 is 14.0 Å². The van der Waals surface area contributed by atoms with Crippen molar-refractivity contribution >= 4 is 40.5 Å². The summed E-state index contributed by atoms with van der Waals surface area (Å²) in [7, 11) is 0. The SMILES string of the molecule is CC(C)C(=O)N1CCN(c2ccc(NC(=S)NC(=O)c3ccco3)cc2)CC1. The lowest BCUT2D eigenvalue weighted by Crippen LogP contribution is -2.49. The summed E-state index contributed by atoms with van der Waals surface area (Å²) >= 11 is 5.17. The predicted molar refractivity (Wildman–Crippen MR) is 112 cm³/mol. The molecule has 0 unspecified atom stereocenters. The molecular formula is C20H24N4O3S. The minimum Gasteiger partial charge on any atom is -0.459 e. The van der Waals surface area contributed by atoms with E-state index in [0.717, 1.165) is 37.6 Å². The van der Waals surface area contributed by atoms with E-state index in [1.807, 2.05) is 43.0 Å². The Kier molecular flexibility index (Phi) is 6.30. The van der Waals surface area contributed by atoms with Gasteiger partial charge in [0.05, 0.1) is 6.26 Å². The zero-order valence-corrected chi connectivity index (χ0v) is 16.8. The maximum Gasteiger partial charge on any atom is 0.293 e. The molecule has 1 fully saturated rings. The molecule has 2 aromatic rings. The molecule has 28 heavy (non-hydrogen) atoms. The first kappa shape index (κ1) is 19.9. The fourth-order valence-corrected chi connectivity index (χ4v) is 3.25. The van der Waals surface area contributed by atoms with E-state index in [1.165, 1.54) is 6.26 Å². The minimum absolute atomic E-state index is 0.0361. The Labute approximate surface area is 169 Å². The quantitative estimate of drug-likeness (QED) is 0.769. The van der Waals surface area contributed by atoms with Crippen molar-refractivity contribution in [3.8, 4) is 0 Å². The van der Waals surface area contributed by atoms with Gasteiger partial charge in [-0.3, -0.25) is 14.9 Å². The zero-order valence-electron chi connectivity index (χ0n) is 16.0. The summed E-state index contributed by atoms with van der Waals surface area (Å²) in [5.41, 5.74) is 1.87. The number of anilines is 2. The van der Waals surface area contributed by atoms with Crippen LogP contribution in [0.25, 0.3) is 0 Å². The van der Waals surface area contributed by atoms with E-state index >= 15 is 0 Å². The molecule has 2 heterocycles. The van der Waals surface area contributed by atoms with E-state index in [4.69, 9.17) is 16.6 Å². The van der Waals surface area contributed by atoms with Gasteiger partial charge in [-0.15, -0.1) is 0 Å². The molecule has 0 saturated carbocycles. The smallest absolute Gasteiger partial charge is 0.293 e. The minimum atomic E-state index is -0.395. The van der Waals surface area contributed by atoms with Gasteiger partial charge in [0.1, 0.15) is 0 Å². The van der Waals surface area contributed by atoms with Gasteiger partial charge >= 0.3 is 0 Å². The number of amides is 2. The third kappa shape index (κ3) is 4.89. The van der Waals surface area contributed by atoms with Crippen LogP contribution in [0.5, 0.6) is 0 Å². The number of benzene rings is 1. The van der Waals surface area contributed by atoms with Gasteiger partial charge in [0.25, 0.3) is 5.91 Å². The van der Waals surface area contributed by atoms with Gasteiger partial charge in [-0.2, -0.15) is 0 Å². The predicted octanol–water partition coefficient (Wildman–Crippen LogP) is 2.71. The van der Waals surface area contributed by atoms with Crippen molar-refractivity contribution in [2.45, 2.75) is 13.8 Å². The molecule has 7 nitrogen and oxygen atoms in total. The molecule has 0 aliphatic carbocycles. The Bertz CT molecular complexity index is 826. The molecule has 0 bridgehead atoms. The van der Waals surface area contributed by atoms with Crippen LogP contribution in [-0.4, -0.2) is 48.0 Å². The monoisotopic (exact) mass is 400 g/mol. The molecule has 3 rings (SSSR count). The molecule has 0 radical (unpaired) electrons. The number of rotatable bonds is 4. The Balaban J connectivity index is 1.50. The molecule has 1 aromatic heterocycles. The number of piperazine rings is 1. The summed E-state index contributed by atoms with van der Waals surface area (Å²) in [5, 5.41) is 5.76. The standard InChI is InChI=1S/C20H24N4O3S/c1-14(2)19(26)24-11-9-23(10-12-24)16-7-5-15(6-8-16)21-20(28)22-18(25)17-4-3-13-27-17/h3-8,13-14H,9-12H2,1-2H3,(H2,21,22,25,28). The van der Waals surface area contributed by atoms with E-state index in [9.17, 15) is 9.59 Å². The van der Waals surface area contributed by atoms with Gasteiger partial charge in [-0.05, 0) is 48.6 Å². The molecule has 2 N–H and O–H groups in total. The first-order valence-corrected chi connectivity index (χ1v) is 9.64. The van der Waals surface area contributed by atoms with E-state index in [0.29, 0.717) is 0 Å². The molecule has 1 aliphatic heterocycles. The van der Waals surface area contributed by atoms with E-state index in [2.05, 4.69) is 15.5 Å². The van der Waals surface area contributed by atoms with Crippen LogP contribution < -0.4 is 15.5 Å². The molecular weight excluding hydrogens is 376 g/mol. The topological polar surface area (TPSA) is 77.8 Å². The van der Waals surface area contributed by atoms with Gasteiger partial charge in [0.2, 0.25) is 5.91 Å². The zero-order chi connectivity index (χ0) is 20.1. The second kappa shape index (κ2) is 8.88. The number of thiocarbonyl (C=S) groups is 1. The number of carbonyl (C=O) groups is 2. The van der Waals surface area contributed by atoms with Crippen LogP contribution in [-0.2, 0) is 4.79 Å². The molecule has 1 aromatic carbocycles. The van der Waals surface area contributed by atoms with Crippen LogP contribution in [0.3, 0.4) is 0 Å². The van der Waals surface area contributed by atoms with Gasteiger partial charge in [0.15, 0.2) is 10.9 Å². The van der Waals surface area contributed by atoms with Gasteiger partial charge in [-0.25, -0.2) is 0 Å². The van der Waals surface area contributed by atoms with Crippen LogP contribution in [0.15, 0.2) is 47.1 Å². The second-order valence-electron chi connectivity index (χ2n) is 6.90. The number of furan rings is 1. The van der Waals surface area contributed by atoms with Crippen LogP contribution in [0, 0.1) is 5.92 Å². The average Bonchev–Trinajstić information content (AvgIpc) is 3.23. The van der Waals surface area contributed by atoms with Crippen LogP contribution in [0.4, 0.5) is 11.4 Å². The highest BCUT2D eigenvalue weighted by atomic mass is 32.1. The molecule has 2 amide bonds. The van der Waals surface area contributed by atoms with Crippen molar-refractivity contribution in [1.82, 2.24) is 10.2 Å². The van der Waals surface area contributed by atoms with Crippen LogP contribution >= 0.6 is 12.2 Å². The molecule has 148 valence electrons. The van der Waals surface area contributed by atoms with Crippen molar-refractivity contribution in [3.05, 3.63) is 48.4 Å². The highest BCUT2D eigenvalue weighted by Gasteiger charge is 2.22. The molecule has 0 atom stereocenters. The third-order valence-corrected chi connectivity index (χ3v) is 4.75. The lowest BCUT2D eigenvalue weighted by molar-refractivity contribution is -0.134. The Morgan fingerprint density at radius 2 is 1.75 bits per heavy atom. The Hall–Kier alpha value is -2.87. The Morgan fingerprint density at radius 1 is 1.07 bits per heavy atom. The average molecular weight is 401 g/mol. The summed E-state index contributed by atoms with van der Waals surface area (Å²) in [6.07, 6.45) is 1.43. The van der Waals surface area contributed by atoms with Crippen molar-refractivity contribution in [3.63, 3.8) is 0 Å². The number of hydrogen-bond acceptors (Lipinski definition) is 5. The normalized spacial score (nSPS) is 14.1.